The van der Waals surface area contributed by atoms with Crippen LogP contribution in [0.2, 0.25) is 0 Å². The van der Waals surface area contributed by atoms with Gasteiger partial charge in [-0.1, -0.05) is 18.2 Å². The summed E-state index contributed by atoms with van der Waals surface area (Å²) in [5.41, 5.74) is 0. The minimum atomic E-state index is -0.384. The quantitative estimate of drug-likeness (QED) is 0.875. The van der Waals surface area contributed by atoms with E-state index in [2.05, 4.69) is 0 Å². The monoisotopic (exact) mass is 249 g/mol. The molecule has 4 heteroatoms. The number of piperidine rings is 1. The number of para-hydroxylation sites is 1. The molecule has 1 aromatic rings. The smallest absolute Gasteiger partial charge is 0.248 e. The number of amides is 1. The molecule has 0 aromatic heterocycles. The molecule has 1 heterocycles. The highest BCUT2D eigenvalue weighted by molar-refractivity contribution is 5.77. The summed E-state index contributed by atoms with van der Waals surface area (Å²) >= 11 is 0. The van der Waals surface area contributed by atoms with Crippen LogP contribution in [0.5, 0.6) is 5.75 Å². The number of carbonyl (C=O) groups excluding carboxylic acids is 1. The minimum Gasteiger partial charge on any atom is -0.493 e. The van der Waals surface area contributed by atoms with Crippen LogP contribution in [0.3, 0.4) is 0 Å². The number of rotatable bonds is 4. The van der Waals surface area contributed by atoms with E-state index in [9.17, 15) is 4.79 Å². The molecule has 0 atom stereocenters. The first kappa shape index (κ1) is 12.9. The fourth-order valence-electron chi connectivity index (χ4n) is 2.18. The van der Waals surface area contributed by atoms with Crippen molar-refractivity contribution in [3.63, 3.8) is 0 Å². The molecule has 1 N–H and O–H groups in total. The van der Waals surface area contributed by atoms with Crippen LogP contribution in [0.15, 0.2) is 30.3 Å². The second-order valence-electron chi connectivity index (χ2n) is 4.61. The zero-order valence-corrected chi connectivity index (χ0v) is 10.4. The Labute approximate surface area is 107 Å². The van der Waals surface area contributed by atoms with Crippen LogP contribution in [-0.2, 0) is 4.79 Å². The molecule has 1 aliphatic heterocycles. The predicted octanol–water partition coefficient (Wildman–Crippen LogP) is 1.30. The van der Waals surface area contributed by atoms with E-state index in [0.29, 0.717) is 12.5 Å². The van der Waals surface area contributed by atoms with Crippen molar-refractivity contribution in [1.29, 1.82) is 0 Å². The Morgan fingerprint density at radius 2 is 1.94 bits per heavy atom. The third-order valence-electron chi connectivity index (χ3n) is 3.33. The average molecular weight is 249 g/mol. The highest BCUT2D eigenvalue weighted by Crippen LogP contribution is 2.19. The Balaban J connectivity index is 1.72. The SMILES string of the molecule is O=C(CO)N1CCC(COc2ccccc2)CC1. The van der Waals surface area contributed by atoms with E-state index >= 15 is 0 Å². The summed E-state index contributed by atoms with van der Waals surface area (Å²) in [7, 11) is 0. The molecule has 1 saturated heterocycles. The van der Waals surface area contributed by atoms with Crippen LogP contribution in [0.1, 0.15) is 12.8 Å². The molecule has 98 valence electrons. The number of ether oxygens (including phenoxy) is 1. The Morgan fingerprint density at radius 3 is 2.56 bits per heavy atom. The standard InChI is InChI=1S/C14H19NO3/c16-10-14(17)15-8-6-12(7-9-15)11-18-13-4-2-1-3-5-13/h1-5,12,16H,6-11H2. The van der Waals surface area contributed by atoms with Crippen molar-refractivity contribution in [2.24, 2.45) is 5.92 Å². The van der Waals surface area contributed by atoms with Crippen molar-refractivity contribution in [2.45, 2.75) is 12.8 Å². The third kappa shape index (κ3) is 3.47. The Morgan fingerprint density at radius 1 is 1.28 bits per heavy atom. The summed E-state index contributed by atoms with van der Waals surface area (Å²) in [6, 6.07) is 9.77. The van der Waals surface area contributed by atoms with Crippen molar-refractivity contribution < 1.29 is 14.6 Å². The van der Waals surface area contributed by atoms with Crippen molar-refractivity contribution in [2.75, 3.05) is 26.3 Å². The molecular weight excluding hydrogens is 230 g/mol. The summed E-state index contributed by atoms with van der Waals surface area (Å²) in [6.07, 6.45) is 1.89. The van der Waals surface area contributed by atoms with E-state index in [1.807, 2.05) is 30.3 Å². The Hall–Kier alpha value is -1.55. The number of carbonyl (C=O) groups is 1. The third-order valence-corrected chi connectivity index (χ3v) is 3.33. The first-order chi connectivity index (χ1) is 8.79. The van der Waals surface area contributed by atoms with Gasteiger partial charge in [-0.2, -0.15) is 0 Å². The van der Waals surface area contributed by atoms with E-state index in [-0.39, 0.29) is 12.5 Å². The fraction of sp³-hybridized carbons (Fsp3) is 0.500. The van der Waals surface area contributed by atoms with Gasteiger partial charge < -0.3 is 14.7 Å². The average Bonchev–Trinajstić information content (AvgIpc) is 2.46. The molecule has 18 heavy (non-hydrogen) atoms. The van der Waals surface area contributed by atoms with Crippen LogP contribution >= 0.6 is 0 Å². The summed E-state index contributed by atoms with van der Waals surface area (Å²) in [4.78, 5) is 13.0. The van der Waals surface area contributed by atoms with Crippen molar-refractivity contribution in [1.82, 2.24) is 4.90 Å². The lowest BCUT2D eigenvalue weighted by atomic mass is 9.98. The fourth-order valence-corrected chi connectivity index (χ4v) is 2.18. The first-order valence-electron chi connectivity index (χ1n) is 6.36. The lowest BCUT2D eigenvalue weighted by Gasteiger charge is -2.31. The lowest BCUT2D eigenvalue weighted by molar-refractivity contribution is -0.135. The van der Waals surface area contributed by atoms with Gasteiger partial charge >= 0.3 is 0 Å². The minimum absolute atomic E-state index is 0.169. The van der Waals surface area contributed by atoms with Crippen LogP contribution in [0.4, 0.5) is 0 Å². The Bertz CT molecular complexity index is 372. The number of likely N-dealkylation sites (tertiary alicyclic amines) is 1. The van der Waals surface area contributed by atoms with Crippen LogP contribution in [0.25, 0.3) is 0 Å². The van der Waals surface area contributed by atoms with Crippen LogP contribution in [0, 0.1) is 5.92 Å². The molecule has 0 aliphatic carbocycles. The first-order valence-corrected chi connectivity index (χ1v) is 6.36. The molecule has 1 aliphatic rings. The molecule has 1 amide bonds. The maximum atomic E-state index is 11.3. The molecule has 0 radical (unpaired) electrons. The number of aliphatic hydroxyl groups is 1. The van der Waals surface area contributed by atoms with Crippen molar-refractivity contribution in [3.8, 4) is 5.75 Å². The number of hydrogen-bond acceptors (Lipinski definition) is 3. The molecule has 1 aromatic carbocycles. The van der Waals surface area contributed by atoms with Gasteiger partial charge in [-0.15, -0.1) is 0 Å². The highest BCUT2D eigenvalue weighted by Gasteiger charge is 2.22. The lowest BCUT2D eigenvalue weighted by Crippen LogP contribution is -2.41. The van der Waals surface area contributed by atoms with Gasteiger partial charge in [0.15, 0.2) is 0 Å². The summed E-state index contributed by atoms with van der Waals surface area (Å²) in [6.45, 7) is 1.76. The van der Waals surface area contributed by atoms with E-state index in [0.717, 1.165) is 31.7 Å². The second kappa shape index (κ2) is 6.40. The van der Waals surface area contributed by atoms with Gasteiger partial charge in [0.25, 0.3) is 0 Å². The second-order valence-corrected chi connectivity index (χ2v) is 4.61. The molecule has 0 unspecified atom stereocenters. The number of nitrogens with zero attached hydrogens (tertiary/aromatic N) is 1. The zero-order chi connectivity index (χ0) is 12.8. The largest absolute Gasteiger partial charge is 0.493 e. The normalized spacial score (nSPS) is 16.6. The molecule has 0 bridgehead atoms. The summed E-state index contributed by atoms with van der Waals surface area (Å²) in [5.74, 6) is 1.22. The summed E-state index contributed by atoms with van der Waals surface area (Å²) < 4.78 is 5.71. The van der Waals surface area contributed by atoms with E-state index in [4.69, 9.17) is 9.84 Å². The van der Waals surface area contributed by atoms with E-state index < -0.39 is 0 Å². The van der Waals surface area contributed by atoms with Gasteiger partial charge in [-0.3, -0.25) is 4.79 Å². The number of benzene rings is 1. The van der Waals surface area contributed by atoms with E-state index in [1.165, 1.54) is 0 Å². The van der Waals surface area contributed by atoms with Crippen molar-refractivity contribution in [3.05, 3.63) is 30.3 Å². The van der Waals surface area contributed by atoms with Gasteiger partial charge in [-0.05, 0) is 30.9 Å². The molecular formula is C14H19NO3. The molecule has 2 rings (SSSR count). The predicted molar refractivity (Wildman–Crippen MR) is 68.3 cm³/mol. The van der Waals surface area contributed by atoms with Crippen LogP contribution < -0.4 is 4.74 Å². The van der Waals surface area contributed by atoms with Crippen LogP contribution in [-0.4, -0.2) is 42.2 Å². The molecule has 1 fully saturated rings. The topological polar surface area (TPSA) is 49.8 Å². The maximum Gasteiger partial charge on any atom is 0.248 e. The molecule has 0 spiro atoms. The van der Waals surface area contributed by atoms with Gasteiger partial charge in [-0.25, -0.2) is 0 Å². The number of aliphatic hydroxyl groups excluding tert-OH is 1. The van der Waals surface area contributed by atoms with Gasteiger partial charge in [0, 0.05) is 13.1 Å². The summed E-state index contributed by atoms with van der Waals surface area (Å²) in [5, 5.41) is 8.79. The molecule has 4 nitrogen and oxygen atoms in total. The van der Waals surface area contributed by atoms with Gasteiger partial charge in [0.1, 0.15) is 12.4 Å². The van der Waals surface area contributed by atoms with Gasteiger partial charge in [0.05, 0.1) is 6.61 Å². The van der Waals surface area contributed by atoms with E-state index in [1.54, 1.807) is 4.90 Å². The van der Waals surface area contributed by atoms with Gasteiger partial charge in [0.2, 0.25) is 5.91 Å². The zero-order valence-electron chi connectivity index (χ0n) is 10.4. The Kier molecular flexibility index (Phi) is 4.59. The maximum absolute atomic E-state index is 11.3. The van der Waals surface area contributed by atoms with Crippen molar-refractivity contribution >= 4 is 5.91 Å². The highest BCUT2D eigenvalue weighted by atomic mass is 16.5. The molecule has 0 saturated carbocycles. The number of hydrogen-bond donors (Lipinski definition) is 1.